The van der Waals surface area contributed by atoms with Crippen molar-refractivity contribution in [3.63, 3.8) is 0 Å². The number of hydrogen-bond donors (Lipinski definition) is 4. The zero-order valence-electron chi connectivity index (χ0n) is 20.1. The second kappa shape index (κ2) is 13.3. The van der Waals surface area contributed by atoms with Crippen molar-refractivity contribution >= 4 is 17.5 Å². The standard InChI is InChI=1S/C27H25F4N5O2/c28-22-19(23(29)25(31)36-24(22)30)13-10-16-8-11-18(12-9-16)35-27(38)20(32)7-4-14-34-26(37)21(33)15-17-5-2-1-3-6-17/h1-3,5-6,8-9,11-12,20-21H,4,7,14-15,32-33H2,(H,34,37)(H,35,38)/t20-,21-/m0/s1. The van der Waals surface area contributed by atoms with Crippen LogP contribution in [-0.2, 0) is 16.0 Å². The smallest absolute Gasteiger partial charge is 0.253 e. The second-order valence-electron chi connectivity index (χ2n) is 8.35. The second-order valence-corrected chi connectivity index (χ2v) is 8.35. The molecule has 2 amide bonds. The number of rotatable bonds is 9. The molecular formula is C27H25F4N5O2. The molecule has 198 valence electrons. The fraction of sp³-hybridized carbons (Fsp3) is 0.222. The third-order valence-corrected chi connectivity index (χ3v) is 5.44. The number of anilines is 1. The summed E-state index contributed by atoms with van der Waals surface area (Å²) in [5.74, 6) is -3.28. The van der Waals surface area contributed by atoms with E-state index in [-0.39, 0.29) is 11.5 Å². The summed E-state index contributed by atoms with van der Waals surface area (Å²) in [4.78, 5) is 27.0. The Bertz CT molecular complexity index is 1320. The number of pyridine rings is 1. The molecule has 0 radical (unpaired) electrons. The third-order valence-electron chi connectivity index (χ3n) is 5.44. The van der Waals surface area contributed by atoms with Crippen LogP contribution >= 0.6 is 0 Å². The van der Waals surface area contributed by atoms with E-state index >= 15 is 0 Å². The highest BCUT2D eigenvalue weighted by molar-refractivity contribution is 5.94. The molecule has 1 aromatic heterocycles. The lowest BCUT2D eigenvalue weighted by atomic mass is 10.1. The SMILES string of the molecule is N[C@@H](Cc1ccccc1)C(=O)NCCC[C@H](N)C(=O)Nc1ccc(C#Cc2c(F)c(F)nc(F)c2F)cc1. The fourth-order valence-corrected chi connectivity index (χ4v) is 3.36. The van der Waals surface area contributed by atoms with Gasteiger partial charge in [0.05, 0.1) is 12.1 Å². The molecule has 6 N–H and O–H groups in total. The number of amides is 2. The zero-order valence-corrected chi connectivity index (χ0v) is 20.1. The topological polar surface area (TPSA) is 123 Å². The lowest BCUT2D eigenvalue weighted by Gasteiger charge is -2.14. The van der Waals surface area contributed by atoms with Gasteiger partial charge in [-0.3, -0.25) is 9.59 Å². The molecule has 2 atom stereocenters. The highest BCUT2D eigenvalue weighted by Gasteiger charge is 2.19. The Kier molecular flexibility index (Phi) is 9.92. The summed E-state index contributed by atoms with van der Waals surface area (Å²) in [6.07, 6.45) is 1.17. The Morgan fingerprint density at radius 2 is 1.47 bits per heavy atom. The molecule has 2 aromatic carbocycles. The van der Waals surface area contributed by atoms with Crippen molar-refractivity contribution in [3.05, 3.63) is 94.8 Å². The monoisotopic (exact) mass is 527 g/mol. The van der Waals surface area contributed by atoms with E-state index < -0.39 is 47.1 Å². The van der Waals surface area contributed by atoms with E-state index in [4.69, 9.17) is 11.5 Å². The van der Waals surface area contributed by atoms with Gasteiger partial charge in [0.15, 0.2) is 11.6 Å². The summed E-state index contributed by atoms with van der Waals surface area (Å²) in [5, 5.41) is 5.36. The molecule has 11 heteroatoms. The molecule has 38 heavy (non-hydrogen) atoms. The Labute approximate surface area is 216 Å². The molecule has 3 rings (SSSR count). The van der Waals surface area contributed by atoms with Crippen molar-refractivity contribution in [2.45, 2.75) is 31.3 Å². The van der Waals surface area contributed by atoms with Crippen LogP contribution < -0.4 is 22.1 Å². The van der Waals surface area contributed by atoms with Crippen LogP contribution in [0.15, 0.2) is 54.6 Å². The summed E-state index contributed by atoms with van der Waals surface area (Å²) in [5.41, 5.74) is 12.4. The first-order valence-electron chi connectivity index (χ1n) is 11.6. The zero-order chi connectivity index (χ0) is 27.7. The lowest BCUT2D eigenvalue weighted by molar-refractivity contribution is -0.122. The van der Waals surface area contributed by atoms with Gasteiger partial charge in [-0.15, -0.1) is 0 Å². The minimum atomic E-state index is -1.79. The van der Waals surface area contributed by atoms with Crippen molar-refractivity contribution in [2.75, 3.05) is 11.9 Å². The van der Waals surface area contributed by atoms with Crippen LogP contribution in [-0.4, -0.2) is 35.4 Å². The highest BCUT2D eigenvalue weighted by Crippen LogP contribution is 2.16. The van der Waals surface area contributed by atoms with Crippen molar-refractivity contribution in [1.82, 2.24) is 10.3 Å². The number of aromatic nitrogens is 1. The van der Waals surface area contributed by atoms with Crippen molar-refractivity contribution in [3.8, 4) is 11.8 Å². The summed E-state index contributed by atoms with van der Waals surface area (Å²) in [7, 11) is 0. The van der Waals surface area contributed by atoms with E-state index in [0.29, 0.717) is 31.5 Å². The Morgan fingerprint density at radius 1 is 0.842 bits per heavy atom. The van der Waals surface area contributed by atoms with Crippen LogP contribution in [0.4, 0.5) is 23.2 Å². The molecule has 0 saturated heterocycles. The molecule has 3 aromatic rings. The predicted molar refractivity (Wildman–Crippen MR) is 133 cm³/mol. The molecule has 0 unspecified atom stereocenters. The Hall–Kier alpha value is -4.27. The number of carbonyl (C=O) groups is 2. The maximum atomic E-state index is 13.7. The van der Waals surface area contributed by atoms with Gasteiger partial charge in [0, 0.05) is 17.8 Å². The fourth-order valence-electron chi connectivity index (χ4n) is 3.36. The minimum absolute atomic E-state index is 0.268. The highest BCUT2D eigenvalue weighted by atomic mass is 19.2. The summed E-state index contributed by atoms with van der Waals surface area (Å²) in [6.45, 7) is 0.308. The predicted octanol–water partition coefficient (Wildman–Crippen LogP) is 2.77. The van der Waals surface area contributed by atoms with Gasteiger partial charge >= 0.3 is 0 Å². The molecule has 0 aliphatic carbocycles. The number of halogens is 4. The van der Waals surface area contributed by atoms with Gasteiger partial charge in [0.2, 0.25) is 11.8 Å². The van der Waals surface area contributed by atoms with Crippen LogP contribution in [0, 0.1) is 35.4 Å². The van der Waals surface area contributed by atoms with Gasteiger partial charge in [0.25, 0.3) is 11.9 Å². The minimum Gasteiger partial charge on any atom is -0.355 e. The van der Waals surface area contributed by atoms with E-state index in [1.165, 1.54) is 24.3 Å². The van der Waals surface area contributed by atoms with E-state index in [2.05, 4.69) is 21.5 Å². The van der Waals surface area contributed by atoms with Gasteiger partial charge in [0.1, 0.15) is 5.56 Å². The average molecular weight is 528 g/mol. The Balaban J connectivity index is 1.44. The largest absolute Gasteiger partial charge is 0.355 e. The molecule has 0 spiro atoms. The van der Waals surface area contributed by atoms with Gasteiger partial charge < -0.3 is 22.1 Å². The first kappa shape index (κ1) is 28.3. The molecule has 0 aliphatic rings. The molecule has 1 heterocycles. The van der Waals surface area contributed by atoms with Crippen LogP contribution in [0.1, 0.15) is 29.5 Å². The van der Waals surface area contributed by atoms with E-state index in [1.54, 1.807) is 0 Å². The first-order chi connectivity index (χ1) is 18.2. The number of hydrogen-bond acceptors (Lipinski definition) is 5. The number of nitrogens with zero attached hydrogens (tertiary/aromatic N) is 1. The maximum absolute atomic E-state index is 13.7. The molecule has 7 nitrogen and oxygen atoms in total. The van der Waals surface area contributed by atoms with Crippen LogP contribution in [0.5, 0.6) is 0 Å². The van der Waals surface area contributed by atoms with Crippen molar-refractivity contribution in [1.29, 1.82) is 0 Å². The molecule has 0 saturated carbocycles. The van der Waals surface area contributed by atoms with Gasteiger partial charge in [-0.2, -0.15) is 13.8 Å². The number of carbonyl (C=O) groups excluding carboxylic acids is 2. The van der Waals surface area contributed by atoms with Gasteiger partial charge in [-0.05, 0) is 49.1 Å². The molecule has 0 fully saturated rings. The van der Waals surface area contributed by atoms with Crippen molar-refractivity contribution < 1.29 is 27.2 Å². The first-order valence-corrected chi connectivity index (χ1v) is 11.6. The van der Waals surface area contributed by atoms with Crippen LogP contribution in [0.25, 0.3) is 0 Å². The quantitative estimate of drug-likeness (QED) is 0.148. The number of nitrogens with one attached hydrogen (secondary N) is 2. The van der Waals surface area contributed by atoms with Crippen LogP contribution in [0.2, 0.25) is 0 Å². The average Bonchev–Trinajstić information content (AvgIpc) is 2.91. The van der Waals surface area contributed by atoms with E-state index in [0.717, 1.165) is 5.56 Å². The van der Waals surface area contributed by atoms with Gasteiger partial charge in [-0.25, -0.2) is 8.78 Å². The molecular weight excluding hydrogens is 502 g/mol. The van der Waals surface area contributed by atoms with Crippen molar-refractivity contribution in [2.24, 2.45) is 11.5 Å². The maximum Gasteiger partial charge on any atom is 0.253 e. The van der Waals surface area contributed by atoms with Crippen LogP contribution in [0.3, 0.4) is 0 Å². The molecule has 0 aliphatic heterocycles. The normalized spacial score (nSPS) is 12.2. The van der Waals surface area contributed by atoms with E-state index in [1.807, 2.05) is 36.3 Å². The molecule has 0 bridgehead atoms. The lowest BCUT2D eigenvalue weighted by Crippen LogP contribution is -2.43. The summed E-state index contributed by atoms with van der Waals surface area (Å²) >= 11 is 0. The summed E-state index contributed by atoms with van der Waals surface area (Å²) < 4.78 is 53.7. The summed E-state index contributed by atoms with van der Waals surface area (Å²) in [6, 6.07) is 13.7. The van der Waals surface area contributed by atoms with Gasteiger partial charge in [-0.1, -0.05) is 42.2 Å². The van der Waals surface area contributed by atoms with E-state index in [9.17, 15) is 27.2 Å². The number of nitrogens with two attached hydrogens (primary N) is 2. The third kappa shape index (κ3) is 7.86. The number of benzene rings is 2. The Morgan fingerprint density at radius 3 is 2.11 bits per heavy atom.